The molecule has 0 aromatic carbocycles. The molecule has 78 valence electrons. The first-order chi connectivity index (χ1) is 6.58. The lowest BCUT2D eigenvalue weighted by Crippen LogP contribution is -2.39. The maximum absolute atomic E-state index is 11.4. The van der Waals surface area contributed by atoms with Crippen molar-refractivity contribution in [2.75, 3.05) is 6.54 Å². The molecule has 1 aliphatic carbocycles. The molecule has 0 aromatic heterocycles. The third-order valence-electron chi connectivity index (χ3n) is 2.46. The molecule has 0 amide bonds. The molecule has 1 aliphatic heterocycles. The first-order valence-corrected chi connectivity index (χ1v) is 6.85. The highest BCUT2D eigenvalue weighted by molar-refractivity contribution is 9.11. The van der Waals surface area contributed by atoms with E-state index in [0.29, 0.717) is 17.2 Å². The van der Waals surface area contributed by atoms with E-state index in [1.807, 2.05) is 0 Å². The molecule has 0 saturated heterocycles. The highest BCUT2D eigenvalue weighted by Gasteiger charge is 2.25. The first kappa shape index (κ1) is 10.3. The second-order valence-electron chi connectivity index (χ2n) is 3.50. The van der Waals surface area contributed by atoms with E-state index in [0.717, 1.165) is 18.2 Å². The van der Waals surface area contributed by atoms with Crippen molar-refractivity contribution in [2.45, 2.75) is 25.3 Å². The topological polar surface area (TPSA) is 58.5 Å². The monoisotopic (exact) mass is 278 g/mol. The van der Waals surface area contributed by atoms with Gasteiger partial charge in [0.15, 0.2) is 5.04 Å². The minimum absolute atomic E-state index is 0.219. The number of sulfone groups is 1. The molecule has 1 heterocycles. The lowest BCUT2D eigenvalue weighted by molar-refractivity contribution is 0.355. The zero-order chi connectivity index (χ0) is 10.2. The van der Waals surface area contributed by atoms with Crippen molar-refractivity contribution in [2.24, 2.45) is 4.99 Å². The van der Waals surface area contributed by atoms with Crippen molar-refractivity contribution < 1.29 is 8.42 Å². The van der Waals surface area contributed by atoms with Gasteiger partial charge < -0.3 is 5.32 Å². The van der Waals surface area contributed by atoms with Crippen LogP contribution in [0.1, 0.15) is 19.3 Å². The molecule has 4 nitrogen and oxygen atoms in total. The predicted octanol–water partition coefficient (Wildman–Crippen LogP) is 1.15. The highest BCUT2D eigenvalue weighted by Crippen LogP contribution is 2.21. The normalized spacial score (nSPS) is 25.5. The summed E-state index contributed by atoms with van der Waals surface area (Å²) in [5.41, 5.74) is 0. The van der Waals surface area contributed by atoms with Gasteiger partial charge in [0.1, 0.15) is 4.61 Å². The van der Waals surface area contributed by atoms with Gasteiger partial charge in [0.05, 0.1) is 5.41 Å². The van der Waals surface area contributed by atoms with E-state index in [9.17, 15) is 8.42 Å². The quantitative estimate of drug-likeness (QED) is 0.788. The smallest absolute Gasteiger partial charge is 0.217 e. The fraction of sp³-hybridized carbons (Fsp3) is 0.625. The van der Waals surface area contributed by atoms with Gasteiger partial charge in [0.25, 0.3) is 0 Å². The molecule has 0 bridgehead atoms. The van der Waals surface area contributed by atoms with Crippen LogP contribution < -0.4 is 5.32 Å². The van der Waals surface area contributed by atoms with Crippen LogP contribution in [0.3, 0.4) is 0 Å². The Bertz CT molecular complexity index is 396. The van der Waals surface area contributed by atoms with E-state index in [2.05, 4.69) is 26.2 Å². The Balaban J connectivity index is 1.96. The maximum Gasteiger partial charge on any atom is 0.217 e. The van der Waals surface area contributed by atoms with E-state index in [1.165, 1.54) is 6.42 Å². The molecule has 2 aliphatic rings. The molecule has 0 spiro atoms. The molecule has 1 fully saturated rings. The average molecular weight is 279 g/mol. The fourth-order valence-electron chi connectivity index (χ4n) is 1.39. The van der Waals surface area contributed by atoms with Crippen molar-refractivity contribution in [1.82, 2.24) is 5.32 Å². The second-order valence-corrected chi connectivity index (χ2v) is 6.11. The standard InChI is InChI=1S/C8H11BrN2O2S/c9-7-5-14(12,13)8(11-7)4-10-6-2-1-3-6/h5-6,10H,1-4H2. The summed E-state index contributed by atoms with van der Waals surface area (Å²) in [4.78, 5) is 3.92. The van der Waals surface area contributed by atoms with Gasteiger partial charge in [-0.05, 0) is 28.8 Å². The van der Waals surface area contributed by atoms with E-state index < -0.39 is 9.84 Å². The van der Waals surface area contributed by atoms with Crippen molar-refractivity contribution in [3.05, 3.63) is 10.0 Å². The van der Waals surface area contributed by atoms with Gasteiger partial charge in [0.2, 0.25) is 9.84 Å². The van der Waals surface area contributed by atoms with Crippen LogP contribution in [0, 0.1) is 0 Å². The van der Waals surface area contributed by atoms with Gasteiger partial charge in [-0.15, -0.1) is 0 Å². The number of nitrogens with one attached hydrogen (secondary N) is 1. The number of hydrogen-bond acceptors (Lipinski definition) is 4. The summed E-state index contributed by atoms with van der Waals surface area (Å²) in [6.07, 6.45) is 3.52. The van der Waals surface area contributed by atoms with Gasteiger partial charge in [-0.1, -0.05) is 6.42 Å². The largest absolute Gasteiger partial charge is 0.308 e. The number of rotatable bonds is 3. The average Bonchev–Trinajstić information content (AvgIpc) is 2.21. The molecule has 0 atom stereocenters. The van der Waals surface area contributed by atoms with Crippen molar-refractivity contribution >= 4 is 30.8 Å². The summed E-state index contributed by atoms with van der Waals surface area (Å²) in [5.74, 6) is 0. The Morgan fingerprint density at radius 1 is 1.57 bits per heavy atom. The Kier molecular flexibility index (Phi) is 2.77. The van der Waals surface area contributed by atoms with E-state index in [-0.39, 0.29) is 5.04 Å². The third-order valence-corrected chi connectivity index (χ3v) is 4.59. The number of nitrogens with zero attached hydrogens (tertiary/aromatic N) is 1. The summed E-state index contributed by atoms with van der Waals surface area (Å²) >= 11 is 3.06. The predicted molar refractivity (Wildman–Crippen MR) is 59.0 cm³/mol. The molecular weight excluding hydrogens is 268 g/mol. The van der Waals surface area contributed by atoms with Crippen LogP contribution >= 0.6 is 15.9 Å². The Labute approximate surface area is 91.5 Å². The zero-order valence-corrected chi connectivity index (χ0v) is 9.94. The Morgan fingerprint density at radius 3 is 2.71 bits per heavy atom. The van der Waals surface area contributed by atoms with Crippen LogP contribution in [0.2, 0.25) is 0 Å². The first-order valence-electron chi connectivity index (χ1n) is 4.51. The summed E-state index contributed by atoms with van der Waals surface area (Å²) in [7, 11) is -3.24. The highest BCUT2D eigenvalue weighted by atomic mass is 79.9. The molecule has 6 heteroatoms. The molecule has 0 unspecified atom stereocenters. The Morgan fingerprint density at radius 2 is 2.29 bits per heavy atom. The van der Waals surface area contributed by atoms with E-state index in [4.69, 9.17) is 0 Å². The van der Waals surface area contributed by atoms with Gasteiger partial charge in [-0.3, -0.25) is 0 Å². The van der Waals surface area contributed by atoms with Crippen LogP contribution in [0.25, 0.3) is 0 Å². The van der Waals surface area contributed by atoms with Gasteiger partial charge in [-0.2, -0.15) is 0 Å². The molecule has 0 aromatic rings. The number of aliphatic imine (C=N–C) groups is 1. The van der Waals surface area contributed by atoms with Crippen LogP contribution in [0.4, 0.5) is 0 Å². The van der Waals surface area contributed by atoms with Gasteiger partial charge >= 0.3 is 0 Å². The number of hydrogen-bond donors (Lipinski definition) is 1. The van der Waals surface area contributed by atoms with E-state index >= 15 is 0 Å². The van der Waals surface area contributed by atoms with Crippen LogP contribution in [-0.4, -0.2) is 26.0 Å². The summed E-state index contributed by atoms with van der Waals surface area (Å²) in [5, 5.41) is 4.54. The van der Waals surface area contributed by atoms with Crippen LogP contribution in [-0.2, 0) is 9.84 Å². The van der Waals surface area contributed by atoms with E-state index in [1.54, 1.807) is 0 Å². The van der Waals surface area contributed by atoms with Crippen LogP contribution in [0.5, 0.6) is 0 Å². The molecule has 2 rings (SSSR count). The Hall–Kier alpha value is -0.200. The zero-order valence-electron chi connectivity index (χ0n) is 7.53. The second kappa shape index (κ2) is 3.75. The lowest BCUT2D eigenvalue weighted by atomic mass is 9.93. The summed E-state index contributed by atoms with van der Waals surface area (Å²) in [6, 6.07) is 0.479. The third kappa shape index (κ3) is 2.07. The molecule has 0 radical (unpaired) electrons. The molecule has 14 heavy (non-hydrogen) atoms. The number of halogens is 1. The molecular formula is C8H11BrN2O2S. The van der Waals surface area contributed by atoms with Crippen LogP contribution in [0.15, 0.2) is 15.0 Å². The lowest BCUT2D eigenvalue weighted by Gasteiger charge is -2.26. The minimum atomic E-state index is -3.24. The molecule has 1 saturated carbocycles. The van der Waals surface area contributed by atoms with Crippen molar-refractivity contribution in [1.29, 1.82) is 0 Å². The summed E-state index contributed by atoms with van der Waals surface area (Å²) in [6.45, 7) is 0.346. The van der Waals surface area contributed by atoms with Crippen molar-refractivity contribution in [3.8, 4) is 0 Å². The minimum Gasteiger partial charge on any atom is -0.308 e. The van der Waals surface area contributed by atoms with Crippen molar-refractivity contribution in [3.63, 3.8) is 0 Å². The maximum atomic E-state index is 11.4. The molecule has 1 N–H and O–H groups in total. The van der Waals surface area contributed by atoms with Gasteiger partial charge in [-0.25, -0.2) is 13.4 Å². The van der Waals surface area contributed by atoms with Gasteiger partial charge in [0, 0.05) is 12.6 Å². The summed E-state index contributed by atoms with van der Waals surface area (Å²) < 4.78 is 23.2. The SMILES string of the molecule is O=S1(=O)C=C(Br)N=C1CNC1CCC1. The fourth-order valence-corrected chi connectivity index (χ4v) is 3.41.